The molecule has 0 saturated carbocycles. The summed E-state index contributed by atoms with van der Waals surface area (Å²) < 4.78 is 48.8. The first-order valence-electron chi connectivity index (χ1n) is 7.64. The molecule has 0 aromatic heterocycles. The highest BCUT2D eigenvalue weighted by atomic mass is 19.4. The highest BCUT2D eigenvalue weighted by Crippen LogP contribution is 2.31. The van der Waals surface area contributed by atoms with Gasteiger partial charge in [-0.3, -0.25) is 4.79 Å². The molecule has 7 heteroatoms. The van der Waals surface area contributed by atoms with Gasteiger partial charge in [-0.05, 0) is 30.5 Å². The van der Waals surface area contributed by atoms with Crippen molar-refractivity contribution in [3.63, 3.8) is 0 Å². The molecule has 2 aliphatic rings. The second-order valence-corrected chi connectivity index (χ2v) is 5.77. The van der Waals surface area contributed by atoms with Crippen molar-refractivity contribution in [2.24, 2.45) is 0 Å². The Morgan fingerprint density at radius 3 is 2.48 bits per heavy atom. The molecule has 3 rings (SSSR count). The van der Waals surface area contributed by atoms with Crippen molar-refractivity contribution < 1.29 is 27.4 Å². The fourth-order valence-electron chi connectivity index (χ4n) is 2.91. The zero-order valence-electron chi connectivity index (χ0n) is 12.5. The van der Waals surface area contributed by atoms with Crippen molar-refractivity contribution in [3.8, 4) is 0 Å². The minimum absolute atomic E-state index is 0.0530. The van der Waals surface area contributed by atoms with Crippen molar-refractivity contribution in [2.45, 2.75) is 31.2 Å². The molecular formula is C16H18F3NO3. The molecule has 2 aliphatic heterocycles. The van der Waals surface area contributed by atoms with Crippen molar-refractivity contribution >= 4 is 5.91 Å². The molecule has 1 unspecified atom stereocenters. The molecule has 1 amide bonds. The van der Waals surface area contributed by atoms with Crippen LogP contribution in [-0.2, 0) is 20.4 Å². The lowest BCUT2D eigenvalue weighted by Crippen LogP contribution is -2.46. The van der Waals surface area contributed by atoms with E-state index in [0.29, 0.717) is 31.9 Å². The van der Waals surface area contributed by atoms with Crippen LogP contribution in [0.2, 0.25) is 0 Å². The largest absolute Gasteiger partial charge is 0.416 e. The van der Waals surface area contributed by atoms with E-state index >= 15 is 0 Å². The van der Waals surface area contributed by atoms with Gasteiger partial charge in [0, 0.05) is 13.2 Å². The molecule has 1 aromatic carbocycles. The predicted octanol–water partition coefficient (Wildman–Crippen LogP) is 2.78. The Labute approximate surface area is 132 Å². The number of rotatable bonds is 2. The average molecular weight is 329 g/mol. The molecule has 0 spiro atoms. The van der Waals surface area contributed by atoms with Gasteiger partial charge in [-0.15, -0.1) is 0 Å². The fraction of sp³-hybridized carbons (Fsp3) is 0.562. The van der Waals surface area contributed by atoms with E-state index in [4.69, 9.17) is 9.47 Å². The Kier molecular flexibility index (Phi) is 4.59. The minimum Gasteiger partial charge on any atom is -0.370 e. The summed E-state index contributed by atoms with van der Waals surface area (Å²) in [6, 6.07) is 4.90. The summed E-state index contributed by atoms with van der Waals surface area (Å²) in [4.78, 5) is 14.0. The first-order valence-corrected chi connectivity index (χ1v) is 7.64. The maximum absolute atomic E-state index is 12.6. The maximum atomic E-state index is 12.6. The lowest BCUT2D eigenvalue weighted by atomic mass is 10.0. The lowest BCUT2D eigenvalue weighted by molar-refractivity contribution is -0.148. The number of ether oxygens (including phenoxy) is 2. The topological polar surface area (TPSA) is 38.8 Å². The summed E-state index contributed by atoms with van der Waals surface area (Å²) >= 11 is 0. The van der Waals surface area contributed by atoms with E-state index in [1.165, 1.54) is 12.1 Å². The van der Waals surface area contributed by atoms with E-state index in [2.05, 4.69) is 0 Å². The van der Waals surface area contributed by atoms with Crippen molar-refractivity contribution in [1.82, 2.24) is 4.90 Å². The number of benzene rings is 1. The molecule has 0 N–H and O–H groups in total. The number of carbonyl (C=O) groups is 1. The van der Waals surface area contributed by atoms with Gasteiger partial charge in [0.15, 0.2) is 0 Å². The standard InChI is InChI=1S/C16H18F3NO3/c17-16(18,19)12-5-3-11(4-6-12)14-10-20(7-9-23-14)15(21)13-2-1-8-22-13/h3-6,13-14H,1-2,7-10H2/t13-,14?/m0/s1. The summed E-state index contributed by atoms with van der Waals surface area (Å²) in [5.41, 5.74) is -0.0489. The molecule has 0 bridgehead atoms. The van der Waals surface area contributed by atoms with Crippen LogP contribution in [0, 0.1) is 0 Å². The second-order valence-electron chi connectivity index (χ2n) is 5.77. The number of nitrogens with zero attached hydrogens (tertiary/aromatic N) is 1. The van der Waals surface area contributed by atoms with Gasteiger partial charge in [0.2, 0.25) is 0 Å². The first-order chi connectivity index (χ1) is 10.9. The monoisotopic (exact) mass is 329 g/mol. The van der Waals surface area contributed by atoms with Crippen LogP contribution < -0.4 is 0 Å². The van der Waals surface area contributed by atoms with Gasteiger partial charge in [-0.1, -0.05) is 12.1 Å². The Morgan fingerprint density at radius 1 is 1.13 bits per heavy atom. The first kappa shape index (κ1) is 16.3. The smallest absolute Gasteiger partial charge is 0.370 e. The van der Waals surface area contributed by atoms with Gasteiger partial charge in [-0.2, -0.15) is 13.2 Å². The number of amides is 1. The predicted molar refractivity (Wildman–Crippen MR) is 75.7 cm³/mol. The number of halogens is 3. The Hall–Kier alpha value is -1.60. The second kappa shape index (κ2) is 6.49. The van der Waals surface area contributed by atoms with E-state index in [1.54, 1.807) is 4.90 Å². The van der Waals surface area contributed by atoms with Crippen molar-refractivity contribution in [3.05, 3.63) is 35.4 Å². The molecule has 2 saturated heterocycles. The van der Waals surface area contributed by atoms with Crippen LogP contribution in [0.4, 0.5) is 13.2 Å². The zero-order chi connectivity index (χ0) is 16.4. The van der Waals surface area contributed by atoms with E-state index in [-0.39, 0.29) is 12.0 Å². The highest BCUT2D eigenvalue weighted by molar-refractivity contribution is 5.81. The van der Waals surface area contributed by atoms with Gasteiger partial charge in [0.05, 0.1) is 18.7 Å². The van der Waals surface area contributed by atoms with Gasteiger partial charge < -0.3 is 14.4 Å². The van der Waals surface area contributed by atoms with E-state index in [1.807, 2.05) is 0 Å². The van der Waals surface area contributed by atoms with Crippen LogP contribution in [0.25, 0.3) is 0 Å². The summed E-state index contributed by atoms with van der Waals surface area (Å²) in [6.07, 6.45) is -3.55. The Balaban J connectivity index is 1.67. The van der Waals surface area contributed by atoms with Crippen LogP contribution in [0.3, 0.4) is 0 Å². The quantitative estimate of drug-likeness (QED) is 0.837. The van der Waals surface area contributed by atoms with E-state index in [9.17, 15) is 18.0 Å². The summed E-state index contributed by atoms with van der Waals surface area (Å²) in [6.45, 7) is 1.78. The average Bonchev–Trinajstić information content (AvgIpc) is 3.08. The third-order valence-corrected chi connectivity index (χ3v) is 4.19. The molecule has 2 fully saturated rings. The number of alkyl halides is 3. The number of morpholine rings is 1. The summed E-state index contributed by atoms with van der Waals surface area (Å²) in [7, 11) is 0. The van der Waals surface area contributed by atoms with Crippen molar-refractivity contribution in [2.75, 3.05) is 26.3 Å². The van der Waals surface area contributed by atoms with Gasteiger partial charge >= 0.3 is 6.18 Å². The normalized spacial score (nSPS) is 25.6. The number of hydrogen-bond acceptors (Lipinski definition) is 3. The molecule has 0 radical (unpaired) electrons. The fourth-order valence-corrected chi connectivity index (χ4v) is 2.91. The summed E-state index contributed by atoms with van der Waals surface area (Å²) in [5.74, 6) is -0.0530. The van der Waals surface area contributed by atoms with Gasteiger partial charge in [-0.25, -0.2) is 0 Å². The Bertz CT molecular complexity index is 553. The van der Waals surface area contributed by atoms with E-state index < -0.39 is 17.8 Å². The van der Waals surface area contributed by atoms with Crippen LogP contribution in [0.15, 0.2) is 24.3 Å². The SMILES string of the molecule is O=C([C@@H]1CCCO1)N1CCOC(c2ccc(C(F)(F)F)cc2)C1. The van der Waals surface area contributed by atoms with Gasteiger partial charge in [0.1, 0.15) is 12.2 Å². The molecule has 1 aromatic rings. The van der Waals surface area contributed by atoms with Crippen LogP contribution in [-0.4, -0.2) is 43.2 Å². The van der Waals surface area contributed by atoms with Crippen molar-refractivity contribution in [1.29, 1.82) is 0 Å². The lowest BCUT2D eigenvalue weighted by Gasteiger charge is -2.34. The van der Waals surface area contributed by atoms with Crippen LogP contribution in [0.5, 0.6) is 0 Å². The zero-order valence-corrected chi connectivity index (χ0v) is 12.5. The molecular weight excluding hydrogens is 311 g/mol. The molecule has 2 atom stereocenters. The van der Waals surface area contributed by atoms with Crippen LogP contribution >= 0.6 is 0 Å². The van der Waals surface area contributed by atoms with Crippen LogP contribution in [0.1, 0.15) is 30.1 Å². The maximum Gasteiger partial charge on any atom is 0.416 e. The molecule has 4 nitrogen and oxygen atoms in total. The molecule has 0 aliphatic carbocycles. The summed E-state index contributed by atoms with van der Waals surface area (Å²) in [5, 5.41) is 0. The third-order valence-electron chi connectivity index (χ3n) is 4.19. The third kappa shape index (κ3) is 3.67. The van der Waals surface area contributed by atoms with E-state index in [0.717, 1.165) is 25.0 Å². The van der Waals surface area contributed by atoms with Gasteiger partial charge in [0.25, 0.3) is 5.91 Å². The number of hydrogen-bond donors (Lipinski definition) is 0. The molecule has 2 heterocycles. The minimum atomic E-state index is -4.35. The molecule has 126 valence electrons. The highest BCUT2D eigenvalue weighted by Gasteiger charge is 2.33. The Morgan fingerprint density at radius 2 is 1.87 bits per heavy atom. The molecule has 23 heavy (non-hydrogen) atoms. The number of carbonyl (C=O) groups excluding carboxylic acids is 1.